The molecule has 0 bridgehead atoms. The van der Waals surface area contributed by atoms with Gasteiger partial charge in [0.1, 0.15) is 0 Å². The van der Waals surface area contributed by atoms with Gasteiger partial charge in [0.15, 0.2) is 9.84 Å². The fourth-order valence-electron chi connectivity index (χ4n) is 4.60. The molecule has 3 nitrogen and oxygen atoms in total. The summed E-state index contributed by atoms with van der Waals surface area (Å²) in [6, 6.07) is 0.181. The Morgan fingerprint density at radius 2 is 1.76 bits per heavy atom. The Kier molecular flexibility index (Phi) is 6.13. The minimum atomic E-state index is -2.90. The van der Waals surface area contributed by atoms with Crippen LogP contribution in [0, 0.1) is 17.8 Å². The summed E-state index contributed by atoms with van der Waals surface area (Å²) >= 11 is 0. The lowest BCUT2D eigenvalue weighted by atomic mass is 9.72. The third-order valence-corrected chi connectivity index (χ3v) is 7.69. The molecule has 0 aromatic rings. The van der Waals surface area contributed by atoms with Crippen LogP contribution in [0.4, 0.5) is 0 Å². The largest absolute Gasteiger partial charge is 0.312 e. The summed E-state index contributed by atoms with van der Waals surface area (Å²) in [6.07, 6.45) is 7.55. The second-order valence-corrected chi connectivity index (χ2v) is 9.90. The fourth-order valence-corrected chi connectivity index (χ4v) is 6.80. The van der Waals surface area contributed by atoms with E-state index in [-0.39, 0.29) is 11.3 Å². The molecule has 0 aromatic carbocycles. The molecule has 0 aromatic heterocycles. The Bertz CT molecular complexity index is 411. The predicted octanol–water partition coefficient (Wildman–Crippen LogP) is 3.39. The summed E-state index contributed by atoms with van der Waals surface area (Å²) in [5.41, 5.74) is 0. The van der Waals surface area contributed by atoms with Gasteiger partial charge in [-0.15, -0.1) is 0 Å². The number of hydrogen-bond donors (Lipinski definition) is 1. The zero-order valence-electron chi connectivity index (χ0n) is 14.0. The Balaban J connectivity index is 2.16. The standard InChI is InChI=1S/C17H33NO2S/c1-4-8-18-17(15-11-13(2)10-14(3)12-15)16-7-5-6-9-21(16,19)20/h13-18H,4-12H2,1-3H3. The normalized spacial score (nSPS) is 38.0. The average molecular weight is 316 g/mol. The number of nitrogens with one attached hydrogen (secondary N) is 1. The molecule has 21 heavy (non-hydrogen) atoms. The molecule has 0 spiro atoms. The second kappa shape index (κ2) is 7.45. The fraction of sp³-hybridized carbons (Fsp3) is 1.00. The Hall–Kier alpha value is -0.0900. The topological polar surface area (TPSA) is 46.2 Å². The lowest BCUT2D eigenvalue weighted by Gasteiger charge is -2.41. The molecule has 1 saturated heterocycles. The quantitative estimate of drug-likeness (QED) is 0.846. The van der Waals surface area contributed by atoms with Gasteiger partial charge in [-0.25, -0.2) is 8.42 Å². The molecule has 0 amide bonds. The van der Waals surface area contributed by atoms with Gasteiger partial charge in [0.05, 0.1) is 11.0 Å². The van der Waals surface area contributed by atoms with Gasteiger partial charge < -0.3 is 5.32 Å². The van der Waals surface area contributed by atoms with Crippen molar-refractivity contribution >= 4 is 9.84 Å². The van der Waals surface area contributed by atoms with E-state index in [1.807, 2.05) is 0 Å². The van der Waals surface area contributed by atoms with Crippen LogP contribution in [0.25, 0.3) is 0 Å². The van der Waals surface area contributed by atoms with Crippen molar-refractivity contribution in [2.45, 2.75) is 77.0 Å². The highest BCUT2D eigenvalue weighted by Gasteiger charge is 2.41. The van der Waals surface area contributed by atoms with Gasteiger partial charge in [0.2, 0.25) is 0 Å². The summed E-state index contributed by atoms with van der Waals surface area (Å²) in [5.74, 6) is 2.40. The summed E-state index contributed by atoms with van der Waals surface area (Å²) in [6.45, 7) is 7.76. The van der Waals surface area contributed by atoms with E-state index in [1.165, 1.54) is 19.3 Å². The number of sulfone groups is 1. The van der Waals surface area contributed by atoms with Crippen LogP contribution in [0.1, 0.15) is 65.7 Å². The highest BCUT2D eigenvalue weighted by Crippen LogP contribution is 2.38. The van der Waals surface area contributed by atoms with Gasteiger partial charge in [0, 0.05) is 6.04 Å². The van der Waals surface area contributed by atoms with Crippen molar-refractivity contribution < 1.29 is 8.42 Å². The van der Waals surface area contributed by atoms with Crippen LogP contribution >= 0.6 is 0 Å². The first-order valence-corrected chi connectivity index (χ1v) is 10.6. The van der Waals surface area contributed by atoms with Crippen molar-refractivity contribution in [3.05, 3.63) is 0 Å². The monoisotopic (exact) mass is 315 g/mol. The third-order valence-electron chi connectivity index (χ3n) is 5.38. The zero-order chi connectivity index (χ0) is 15.5. The molecule has 1 aliphatic carbocycles. The van der Waals surface area contributed by atoms with E-state index in [9.17, 15) is 8.42 Å². The van der Waals surface area contributed by atoms with Crippen molar-refractivity contribution in [2.24, 2.45) is 17.8 Å². The molecule has 4 unspecified atom stereocenters. The molecule has 2 fully saturated rings. The zero-order valence-corrected chi connectivity index (χ0v) is 14.8. The van der Waals surface area contributed by atoms with Crippen LogP contribution in [0.3, 0.4) is 0 Å². The smallest absolute Gasteiger partial charge is 0.154 e. The minimum Gasteiger partial charge on any atom is -0.312 e. The first-order valence-electron chi connectivity index (χ1n) is 8.89. The van der Waals surface area contributed by atoms with Crippen LogP contribution in [0.2, 0.25) is 0 Å². The molecule has 4 atom stereocenters. The van der Waals surface area contributed by atoms with Crippen molar-refractivity contribution in [3.8, 4) is 0 Å². The predicted molar refractivity (Wildman–Crippen MR) is 89.2 cm³/mol. The van der Waals surface area contributed by atoms with Gasteiger partial charge in [-0.05, 0) is 62.8 Å². The molecule has 1 aliphatic heterocycles. The highest BCUT2D eigenvalue weighted by atomic mass is 32.2. The number of hydrogen-bond acceptors (Lipinski definition) is 3. The molecule has 0 radical (unpaired) electrons. The first kappa shape index (κ1) is 17.3. The molecule has 4 heteroatoms. The second-order valence-electron chi connectivity index (χ2n) is 7.56. The van der Waals surface area contributed by atoms with Crippen LogP contribution in [0.5, 0.6) is 0 Å². The maximum atomic E-state index is 12.6. The molecule has 2 aliphatic rings. The molecular weight excluding hydrogens is 282 g/mol. The maximum Gasteiger partial charge on any atom is 0.154 e. The summed E-state index contributed by atoms with van der Waals surface area (Å²) in [4.78, 5) is 0. The Morgan fingerprint density at radius 1 is 1.10 bits per heavy atom. The lowest BCUT2D eigenvalue weighted by molar-refractivity contribution is 0.169. The Labute approximate surface area is 131 Å². The molecule has 124 valence electrons. The van der Waals surface area contributed by atoms with Gasteiger partial charge in [-0.2, -0.15) is 0 Å². The SMILES string of the molecule is CCCNC(C1CC(C)CC(C)C1)C1CCCCS1(=O)=O. The molecule has 1 saturated carbocycles. The summed E-state index contributed by atoms with van der Waals surface area (Å²) in [7, 11) is -2.90. The summed E-state index contributed by atoms with van der Waals surface area (Å²) in [5, 5.41) is 3.49. The first-order chi connectivity index (χ1) is 9.94. The lowest BCUT2D eigenvalue weighted by Crippen LogP contribution is -2.52. The van der Waals surface area contributed by atoms with Gasteiger partial charge in [0.25, 0.3) is 0 Å². The van der Waals surface area contributed by atoms with Gasteiger partial charge in [-0.1, -0.05) is 27.2 Å². The van der Waals surface area contributed by atoms with E-state index in [0.29, 0.717) is 11.7 Å². The van der Waals surface area contributed by atoms with Crippen LogP contribution in [-0.4, -0.2) is 32.0 Å². The van der Waals surface area contributed by atoms with E-state index in [2.05, 4.69) is 26.1 Å². The molecule has 1 heterocycles. The van der Waals surface area contributed by atoms with Gasteiger partial charge in [-0.3, -0.25) is 0 Å². The van der Waals surface area contributed by atoms with E-state index in [1.54, 1.807) is 0 Å². The average Bonchev–Trinajstić information content (AvgIpc) is 2.39. The van der Waals surface area contributed by atoms with Gasteiger partial charge >= 0.3 is 0 Å². The van der Waals surface area contributed by atoms with Crippen molar-refractivity contribution in [1.82, 2.24) is 5.32 Å². The van der Waals surface area contributed by atoms with E-state index in [0.717, 1.165) is 44.1 Å². The maximum absolute atomic E-state index is 12.6. The van der Waals surface area contributed by atoms with E-state index < -0.39 is 9.84 Å². The van der Waals surface area contributed by atoms with Crippen molar-refractivity contribution in [2.75, 3.05) is 12.3 Å². The van der Waals surface area contributed by atoms with E-state index in [4.69, 9.17) is 0 Å². The molecular formula is C17H33NO2S. The molecule has 1 N–H and O–H groups in total. The van der Waals surface area contributed by atoms with Crippen molar-refractivity contribution in [3.63, 3.8) is 0 Å². The van der Waals surface area contributed by atoms with E-state index >= 15 is 0 Å². The summed E-state index contributed by atoms with van der Waals surface area (Å²) < 4.78 is 25.1. The Morgan fingerprint density at radius 3 is 2.33 bits per heavy atom. The molecule has 2 rings (SSSR count). The number of rotatable bonds is 5. The van der Waals surface area contributed by atoms with Crippen LogP contribution in [0.15, 0.2) is 0 Å². The third kappa shape index (κ3) is 4.44. The van der Waals surface area contributed by atoms with Crippen LogP contribution in [-0.2, 0) is 9.84 Å². The van der Waals surface area contributed by atoms with Crippen molar-refractivity contribution in [1.29, 1.82) is 0 Å². The van der Waals surface area contributed by atoms with Crippen LogP contribution < -0.4 is 5.32 Å². The minimum absolute atomic E-state index is 0.139. The highest BCUT2D eigenvalue weighted by molar-refractivity contribution is 7.92.